The van der Waals surface area contributed by atoms with Crippen LogP contribution in [0.25, 0.3) is 0 Å². The molecule has 1 fully saturated rings. The molecule has 2 unspecified atom stereocenters. The molecule has 2 heterocycles. The number of hydrogen-bond donors (Lipinski definition) is 2. The molecule has 33 heavy (non-hydrogen) atoms. The van der Waals surface area contributed by atoms with Gasteiger partial charge in [-0.05, 0) is 31.9 Å². The van der Waals surface area contributed by atoms with E-state index in [1.165, 1.54) is 11.1 Å². The highest BCUT2D eigenvalue weighted by Crippen LogP contribution is 2.22. The second-order valence-corrected chi connectivity index (χ2v) is 9.64. The predicted octanol–water partition coefficient (Wildman–Crippen LogP) is 4.45. The monoisotopic (exact) mass is 569 g/mol. The van der Waals surface area contributed by atoms with E-state index in [2.05, 4.69) is 86.3 Å². The van der Waals surface area contributed by atoms with Crippen molar-refractivity contribution >= 4 is 29.9 Å². The number of aromatic nitrogens is 1. The Hall–Kier alpha value is -1.65. The molecule has 7 nitrogen and oxygen atoms in total. The van der Waals surface area contributed by atoms with Crippen LogP contribution in [0.5, 0.6) is 0 Å². The minimum absolute atomic E-state index is 0. The Kier molecular flexibility index (Phi) is 10.6. The molecule has 2 N–H and O–H groups in total. The third kappa shape index (κ3) is 8.57. The van der Waals surface area contributed by atoms with Crippen molar-refractivity contribution in [3.05, 3.63) is 53.2 Å². The van der Waals surface area contributed by atoms with Crippen molar-refractivity contribution in [3.63, 3.8) is 0 Å². The summed E-state index contributed by atoms with van der Waals surface area (Å²) in [5.74, 6) is 2.31. The third-order valence-electron chi connectivity index (χ3n) is 5.46. The molecule has 1 aromatic carbocycles. The Morgan fingerprint density at radius 2 is 1.79 bits per heavy atom. The standard InChI is InChI=1S/C25H39N5O2.HI/c1-7-26-24(29-14-23-27-13-22(32-23)25(4,5)6)28-12-20-10-8-9-11-21(20)17-30-15-18(2)31-19(3)16-30;/h8-11,13,18-19H,7,12,14-17H2,1-6H3,(H2,26,28,29);1H. The second-order valence-electron chi connectivity index (χ2n) is 9.64. The van der Waals surface area contributed by atoms with E-state index in [-0.39, 0.29) is 41.6 Å². The van der Waals surface area contributed by atoms with Gasteiger partial charge in [0.2, 0.25) is 5.89 Å². The van der Waals surface area contributed by atoms with Crippen molar-refractivity contribution in [2.75, 3.05) is 19.6 Å². The lowest BCUT2D eigenvalue weighted by Gasteiger charge is -2.35. The van der Waals surface area contributed by atoms with Crippen molar-refractivity contribution in [3.8, 4) is 0 Å². The summed E-state index contributed by atoms with van der Waals surface area (Å²) in [6.45, 7) is 17.4. The lowest BCUT2D eigenvalue weighted by Crippen LogP contribution is -2.44. The van der Waals surface area contributed by atoms with Crippen LogP contribution in [0, 0.1) is 0 Å². The maximum Gasteiger partial charge on any atom is 0.213 e. The molecule has 2 aromatic rings. The van der Waals surface area contributed by atoms with Gasteiger partial charge in [0.05, 0.1) is 31.5 Å². The molecule has 0 saturated carbocycles. The summed E-state index contributed by atoms with van der Waals surface area (Å²) in [7, 11) is 0. The highest BCUT2D eigenvalue weighted by molar-refractivity contribution is 14.0. The zero-order chi connectivity index (χ0) is 23.1. The minimum atomic E-state index is -0.0520. The Morgan fingerprint density at radius 3 is 2.39 bits per heavy atom. The van der Waals surface area contributed by atoms with Gasteiger partial charge in [0.25, 0.3) is 0 Å². The summed E-state index contributed by atoms with van der Waals surface area (Å²) < 4.78 is 11.8. The molecule has 8 heteroatoms. The lowest BCUT2D eigenvalue weighted by atomic mass is 9.94. The van der Waals surface area contributed by atoms with E-state index in [0.717, 1.165) is 37.9 Å². The van der Waals surface area contributed by atoms with Crippen molar-refractivity contribution in [1.82, 2.24) is 20.5 Å². The van der Waals surface area contributed by atoms with Gasteiger partial charge < -0.3 is 19.8 Å². The molecule has 0 amide bonds. The van der Waals surface area contributed by atoms with Crippen molar-refractivity contribution in [2.24, 2.45) is 4.99 Å². The number of ether oxygens (including phenoxy) is 1. The van der Waals surface area contributed by atoms with Gasteiger partial charge in [-0.1, -0.05) is 45.0 Å². The van der Waals surface area contributed by atoms with E-state index in [1.54, 1.807) is 0 Å². The number of benzene rings is 1. The Balaban J connectivity index is 0.00000385. The Bertz CT molecular complexity index is 883. The maximum absolute atomic E-state index is 5.89. The quantitative estimate of drug-likeness (QED) is 0.292. The SMILES string of the molecule is CCNC(=NCc1ccccc1CN1CC(C)OC(C)C1)NCc1ncc(C(C)(C)C)o1.I. The fourth-order valence-electron chi connectivity index (χ4n) is 3.92. The zero-order valence-corrected chi connectivity index (χ0v) is 23.2. The van der Waals surface area contributed by atoms with Crippen LogP contribution >= 0.6 is 24.0 Å². The van der Waals surface area contributed by atoms with Gasteiger partial charge in [-0.2, -0.15) is 0 Å². The topological polar surface area (TPSA) is 74.9 Å². The van der Waals surface area contributed by atoms with E-state index in [0.29, 0.717) is 19.0 Å². The summed E-state index contributed by atoms with van der Waals surface area (Å²) in [4.78, 5) is 11.7. The number of halogens is 1. The van der Waals surface area contributed by atoms with E-state index in [4.69, 9.17) is 14.1 Å². The van der Waals surface area contributed by atoms with Crippen molar-refractivity contribution < 1.29 is 9.15 Å². The van der Waals surface area contributed by atoms with E-state index in [9.17, 15) is 0 Å². The van der Waals surface area contributed by atoms with Gasteiger partial charge in [-0.3, -0.25) is 4.90 Å². The van der Waals surface area contributed by atoms with Crippen LogP contribution in [0.1, 0.15) is 64.3 Å². The second kappa shape index (κ2) is 12.7. The first kappa shape index (κ1) is 27.6. The molecule has 1 aliphatic rings. The first-order valence-corrected chi connectivity index (χ1v) is 11.7. The van der Waals surface area contributed by atoms with Crippen molar-refractivity contribution in [1.29, 1.82) is 0 Å². The molecule has 184 valence electrons. The summed E-state index contributed by atoms with van der Waals surface area (Å²) in [5, 5.41) is 6.66. The van der Waals surface area contributed by atoms with Crippen LogP contribution in [0.15, 0.2) is 39.9 Å². The number of rotatable bonds is 7. The molecule has 0 aliphatic carbocycles. The number of hydrogen-bond acceptors (Lipinski definition) is 5. The molecule has 2 atom stereocenters. The fraction of sp³-hybridized carbons (Fsp3) is 0.600. The van der Waals surface area contributed by atoms with E-state index < -0.39 is 0 Å². The van der Waals surface area contributed by atoms with Gasteiger partial charge in [0.1, 0.15) is 5.76 Å². The minimum Gasteiger partial charge on any atom is -0.443 e. The normalized spacial score (nSPS) is 19.8. The first-order valence-electron chi connectivity index (χ1n) is 11.7. The van der Waals surface area contributed by atoms with Crippen LogP contribution in [0.3, 0.4) is 0 Å². The number of nitrogens with zero attached hydrogens (tertiary/aromatic N) is 3. The summed E-state index contributed by atoms with van der Waals surface area (Å²) >= 11 is 0. The van der Waals surface area contributed by atoms with Crippen LogP contribution in [0.4, 0.5) is 0 Å². The van der Waals surface area contributed by atoms with Gasteiger partial charge in [-0.25, -0.2) is 9.98 Å². The van der Waals surface area contributed by atoms with Crippen LogP contribution in [0.2, 0.25) is 0 Å². The van der Waals surface area contributed by atoms with Crippen LogP contribution < -0.4 is 10.6 Å². The molecule has 0 spiro atoms. The average molecular weight is 570 g/mol. The molecular formula is C25H40IN5O2. The lowest BCUT2D eigenvalue weighted by molar-refractivity contribution is -0.0705. The Labute approximate surface area is 215 Å². The van der Waals surface area contributed by atoms with Gasteiger partial charge in [-0.15, -0.1) is 24.0 Å². The maximum atomic E-state index is 5.89. The molecule has 3 rings (SSSR count). The summed E-state index contributed by atoms with van der Waals surface area (Å²) in [6, 6.07) is 8.56. The zero-order valence-electron chi connectivity index (χ0n) is 20.9. The fourth-order valence-corrected chi connectivity index (χ4v) is 3.92. The largest absolute Gasteiger partial charge is 0.443 e. The highest BCUT2D eigenvalue weighted by Gasteiger charge is 2.22. The number of guanidine groups is 1. The molecule has 0 radical (unpaired) electrons. The predicted molar refractivity (Wildman–Crippen MR) is 144 cm³/mol. The third-order valence-corrected chi connectivity index (χ3v) is 5.46. The van der Waals surface area contributed by atoms with Gasteiger partial charge in [0.15, 0.2) is 5.96 Å². The molecular weight excluding hydrogens is 529 g/mol. The molecule has 1 saturated heterocycles. The number of aliphatic imine (C=N–C) groups is 1. The average Bonchev–Trinajstić information content (AvgIpc) is 3.20. The van der Waals surface area contributed by atoms with Crippen molar-refractivity contribution in [2.45, 2.75) is 78.8 Å². The van der Waals surface area contributed by atoms with E-state index in [1.807, 2.05) is 6.20 Å². The van der Waals surface area contributed by atoms with E-state index >= 15 is 0 Å². The number of nitrogens with one attached hydrogen (secondary N) is 2. The highest BCUT2D eigenvalue weighted by atomic mass is 127. The summed E-state index contributed by atoms with van der Waals surface area (Å²) in [6.07, 6.45) is 2.34. The number of oxazole rings is 1. The summed E-state index contributed by atoms with van der Waals surface area (Å²) in [5.41, 5.74) is 2.50. The van der Waals surface area contributed by atoms with Crippen LogP contribution in [-0.2, 0) is 29.8 Å². The first-order chi connectivity index (χ1) is 15.2. The number of morpholine rings is 1. The smallest absolute Gasteiger partial charge is 0.213 e. The van der Waals surface area contributed by atoms with Crippen LogP contribution in [-0.4, -0.2) is 47.7 Å². The molecule has 1 aliphatic heterocycles. The Morgan fingerprint density at radius 1 is 1.12 bits per heavy atom. The molecule has 0 bridgehead atoms. The molecule has 1 aromatic heterocycles. The van der Waals surface area contributed by atoms with Gasteiger partial charge in [0, 0.05) is 31.6 Å². The van der Waals surface area contributed by atoms with Gasteiger partial charge >= 0.3 is 0 Å².